The molecular weight excluding hydrogens is 274 g/mol. The van der Waals surface area contributed by atoms with Gasteiger partial charge in [-0.3, -0.25) is 14.2 Å². The van der Waals surface area contributed by atoms with Gasteiger partial charge in [-0.15, -0.1) is 0 Å². The molecule has 2 heterocycles. The van der Waals surface area contributed by atoms with Crippen LogP contribution in [0.1, 0.15) is 33.3 Å². The molecule has 1 amide bonds. The second-order valence-electron chi connectivity index (χ2n) is 4.70. The van der Waals surface area contributed by atoms with E-state index in [0.29, 0.717) is 6.54 Å². The number of carboxylic acids is 1. The SMILES string of the molecule is CCn1cc(CN(C)C(=O)c2c(C(=O)O)cnn2C)cn1. The second kappa shape index (κ2) is 5.78. The van der Waals surface area contributed by atoms with Crippen molar-refractivity contribution in [3.63, 3.8) is 0 Å². The fourth-order valence-corrected chi connectivity index (χ4v) is 2.04. The van der Waals surface area contributed by atoms with E-state index in [2.05, 4.69) is 10.2 Å². The summed E-state index contributed by atoms with van der Waals surface area (Å²) in [7, 11) is 3.16. The minimum absolute atomic E-state index is 0.0629. The number of carboxylic acid groups (broad SMARTS) is 1. The van der Waals surface area contributed by atoms with Crippen molar-refractivity contribution in [2.45, 2.75) is 20.0 Å². The lowest BCUT2D eigenvalue weighted by atomic mass is 10.2. The monoisotopic (exact) mass is 291 g/mol. The Hall–Kier alpha value is -2.64. The molecule has 8 heteroatoms. The summed E-state index contributed by atoms with van der Waals surface area (Å²) in [6.07, 6.45) is 4.72. The third-order valence-electron chi connectivity index (χ3n) is 3.15. The zero-order valence-electron chi connectivity index (χ0n) is 12.1. The topological polar surface area (TPSA) is 93.3 Å². The Bertz CT molecular complexity index is 673. The standard InChI is InChI=1S/C13H17N5O3/c1-4-18-8-9(5-15-18)7-16(2)12(19)11-10(13(20)21)6-14-17(11)3/h5-6,8H,4,7H2,1-3H3,(H,20,21). The van der Waals surface area contributed by atoms with Crippen LogP contribution in [0.25, 0.3) is 0 Å². The predicted octanol–water partition coefficient (Wildman–Crippen LogP) is 0.607. The van der Waals surface area contributed by atoms with Gasteiger partial charge in [0.05, 0.1) is 12.4 Å². The summed E-state index contributed by atoms with van der Waals surface area (Å²) in [4.78, 5) is 25.0. The van der Waals surface area contributed by atoms with E-state index in [4.69, 9.17) is 5.11 Å². The number of hydrogen-bond acceptors (Lipinski definition) is 4. The maximum absolute atomic E-state index is 12.4. The molecule has 1 N–H and O–H groups in total. The van der Waals surface area contributed by atoms with Crippen molar-refractivity contribution in [1.82, 2.24) is 24.5 Å². The van der Waals surface area contributed by atoms with Gasteiger partial charge in [0.25, 0.3) is 5.91 Å². The lowest BCUT2D eigenvalue weighted by Crippen LogP contribution is -2.29. The molecule has 0 aliphatic carbocycles. The van der Waals surface area contributed by atoms with Crippen LogP contribution in [-0.4, -0.2) is 48.5 Å². The number of carbonyl (C=O) groups is 2. The molecule has 0 radical (unpaired) electrons. The van der Waals surface area contributed by atoms with Crippen molar-refractivity contribution in [3.05, 3.63) is 35.4 Å². The molecule has 0 saturated carbocycles. The van der Waals surface area contributed by atoms with Gasteiger partial charge in [0.1, 0.15) is 11.3 Å². The molecule has 0 atom stereocenters. The van der Waals surface area contributed by atoms with Gasteiger partial charge in [0.2, 0.25) is 0 Å². The van der Waals surface area contributed by atoms with E-state index < -0.39 is 11.9 Å². The molecule has 8 nitrogen and oxygen atoms in total. The van der Waals surface area contributed by atoms with Crippen molar-refractivity contribution in [3.8, 4) is 0 Å². The number of rotatable bonds is 5. The highest BCUT2D eigenvalue weighted by molar-refractivity contribution is 6.03. The summed E-state index contributed by atoms with van der Waals surface area (Å²) in [5, 5.41) is 17.1. The number of amides is 1. The Morgan fingerprint density at radius 1 is 1.33 bits per heavy atom. The first kappa shape index (κ1) is 14.8. The van der Waals surface area contributed by atoms with E-state index in [9.17, 15) is 9.59 Å². The minimum Gasteiger partial charge on any atom is -0.478 e. The molecule has 2 rings (SSSR count). The average molecular weight is 291 g/mol. The summed E-state index contributed by atoms with van der Waals surface area (Å²) in [6.45, 7) is 3.08. The zero-order valence-corrected chi connectivity index (χ0v) is 12.1. The van der Waals surface area contributed by atoms with Crippen LogP contribution in [0.2, 0.25) is 0 Å². The molecule has 21 heavy (non-hydrogen) atoms. The number of hydrogen-bond donors (Lipinski definition) is 1. The molecule has 0 saturated heterocycles. The summed E-state index contributed by atoms with van der Waals surface area (Å²) in [6, 6.07) is 0. The second-order valence-corrected chi connectivity index (χ2v) is 4.70. The van der Waals surface area contributed by atoms with Crippen LogP contribution in [0.15, 0.2) is 18.6 Å². The molecule has 0 aliphatic rings. The van der Waals surface area contributed by atoms with Gasteiger partial charge in [-0.1, -0.05) is 0 Å². The molecule has 2 aromatic rings. The largest absolute Gasteiger partial charge is 0.478 e. The van der Waals surface area contributed by atoms with Crippen LogP contribution >= 0.6 is 0 Å². The van der Waals surface area contributed by atoms with Crippen molar-refractivity contribution in [2.24, 2.45) is 7.05 Å². The molecule has 0 aliphatic heterocycles. The molecule has 0 unspecified atom stereocenters. The number of aromatic carboxylic acids is 1. The Morgan fingerprint density at radius 3 is 2.62 bits per heavy atom. The van der Waals surface area contributed by atoms with Crippen molar-refractivity contribution >= 4 is 11.9 Å². The van der Waals surface area contributed by atoms with E-state index >= 15 is 0 Å². The van der Waals surface area contributed by atoms with Crippen molar-refractivity contribution < 1.29 is 14.7 Å². The van der Waals surface area contributed by atoms with Gasteiger partial charge < -0.3 is 10.0 Å². The van der Waals surface area contributed by atoms with Gasteiger partial charge in [-0.05, 0) is 6.92 Å². The first-order chi connectivity index (χ1) is 9.93. The molecule has 2 aromatic heterocycles. The van der Waals surface area contributed by atoms with Crippen LogP contribution in [0.4, 0.5) is 0 Å². The third-order valence-corrected chi connectivity index (χ3v) is 3.15. The Kier molecular flexibility index (Phi) is 4.06. The molecule has 112 valence electrons. The van der Waals surface area contributed by atoms with E-state index in [1.807, 2.05) is 13.1 Å². The lowest BCUT2D eigenvalue weighted by molar-refractivity contribution is 0.0678. The zero-order chi connectivity index (χ0) is 15.6. The number of nitrogens with zero attached hydrogens (tertiary/aromatic N) is 5. The fraction of sp³-hybridized carbons (Fsp3) is 0.385. The fourth-order valence-electron chi connectivity index (χ4n) is 2.04. The van der Waals surface area contributed by atoms with Gasteiger partial charge in [-0.25, -0.2) is 4.79 Å². The number of aromatic nitrogens is 4. The highest BCUT2D eigenvalue weighted by atomic mass is 16.4. The quantitative estimate of drug-likeness (QED) is 0.871. The van der Waals surface area contributed by atoms with Crippen molar-refractivity contribution in [1.29, 1.82) is 0 Å². The summed E-state index contributed by atoms with van der Waals surface area (Å²) < 4.78 is 3.04. The van der Waals surface area contributed by atoms with Crippen LogP contribution < -0.4 is 0 Å². The number of aryl methyl sites for hydroxylation is 2. The summed E-state index contributed by atoms with van der Waals surface area (Å²) in [5.74, 6) is -1.56. The van der Waals surface area contributed by atoms with E-state index in [0.717, 1.165) is 12.1 Å². The third kappa shape index (κ3) is 2.93. The van der Waals surface area contributed by atoms with Crippen LogP contribution in [0.5, 0.6) is 0 Å². The van der Waals surface area contributed by atoms with Gasteiger partial charge >= 0.3 is 5.97 Å². The predicted molar refractivity (Wildman–Crippen MR) is 73.9 cm³/mol. The maximum atomic E-state index is 12.4. The van der Waals surface area contributed by atoms with Gasteiger partial charge in [0, 0.05) is 38.9 Å². The highest BCUT2D eigenvalue weighted by Crippen LogP contribution is 2.12. The van der Waals surface area contributed by atoms with E-state index in [1.54, 1.807) is 25.0 Å². The Balaban J connectivity index is 2.19. The summed E-state index contributed by atoms with van der Waals surface area (Å²) >= 11 is 0. The molecule has 0 spiro atoms. The average Bonchev–Trinajstić information content (AvgIpc) is 3.04. The molecular formula is C13H17N5O3. The first-order valence-corrected chi connectivity index (χ1v) is 6.46. The minimum atomic E-state index is -1.17. The maximum Gasteiger partial charge on any atom is 0.339 e. The van der Waals surface area contributed by atoms with Crippen LogP contribution in [0.3, 0.4) is 0 Å². The Morgan fingerprint density at radius 2 is 2.05 bits per heavy atom. The van der Waals surface area contributed by atoms with Crippen LogP contribution in [-0.2, 0) is 20.1 Å². The first-order valence-electron chi connectivity index (χ1n) is 6.46. The van der Waals surface area contributed by atoms with Gasteiger partial charge in [-0.2, -0.15) is 10.2 Å². The summed E-state index contributed by atoms with van der Waals surface area (Å²) in [5.41, 5.74) is 0.846. The molecule has 0 bridgehead atoms. The lowest BCUT2D eigenvalue weighted by Gasteiger charge is -2.16. The molecule has 0 aromatic carbocycles. The van der Waals surface area contributed by atoms with Gasteiger partial charge in [0.15, 0.2) is 0 Å². The normalized spacial score (nSPS) is 10.6. The van der Waals surface area contributed by atoms with E-state index in [1.165, 1.54) is 15.8 Å². The van der Waals surface area contributed by atoms with E-state index in [-0.39, 0.29) is 11.3 Å². The number of carbonyl (C=O) groups excluding carboxylic acids is 1. The Labute approximate surface area is 121 Å². The van der Waals surface area contributed by atoms with Crippen molar-refractivity contribution in [2.75, 3.05) is 7.05 Å². The van der Waals surface area contributed by atoms with Crippen LogP contribution in [0, 0.1) is 0 Å². The smallest absolute Gasteiger partial charge is 0.339 e. The highest BCUT2D eigenvalue weighted by Gasteiger charge is 2.24. The molecule has 0 fully saturated rings.